The van der Waals surface area contributed by atoms with Crippen LogP contribution >= 0.6 is 11.3 Å². The Morgan fingerprint density at radius 1 is 1.21 bits per heavy atom. The lowest BCUT2D eigenvalue weighted by atomic mass is 9.91. The number of likely N-dealkylation sites (tertiary alicyclic amines) is 1. The third-order valence-corrected chi connectivity index (χ3v) is 6.66. The highest BCUT2D eigenvalue weighted by molar-refractivity contribution is 7.16. The van der Waals surface area contributed by atoms with Gasteiger partial charge in [0.25, 0.3) is 5.78 Å². The standard InChI is InChI=1S/C20H19F3N2O3S/c1-28-14-4-2-12(3-5-14)9-25-10-13-8-19(25,11-24-13)17(26)15-6-7-16(29-15)18(27)20(21,22)23/h2-7,13,24H,8-11H2,1H3/t13-,19-/m0/s1. The van der Waals surface area contributed by atoms with Crippen LogP contribution in [0.4, 0.5) is 13.2 Å². The largest absolute Gasteiger partial charge is 0.497 e. The number of carbonyl (C=O) groups is 2. The molecular formula is C20H19F3N2O3S. The lowest BCUT2D eigenvalue weighted by molar-refractivity contribution is -0.0882. The monoisotopic (exact) mass is 424 g/mol. The average molecular weight is 424 g/mol. The van der Waals surface area contributed by atoms with Crippen molar-refractivity contribution in [2.45, 2.75) is 30.7 Å². The molecule has 0 saturated carbocycles. The van der Waals surface area contributed by atoms with Crippen molar-refractivity contribution in [3.05, 3.63) is 51.7 Å². The second-order valence-electron chi connectivity index (χ2n) is 7.36. The molecule has 1 N–H and O–H groups in total. The lowest BCUT2D eigenvalue weighted by Crippen LogP contribution is -2.56. The van der Waals surface area contributed by atoms with Crippen LogP contribution in [-0.2, 0) is 6.54 Å². The van der Waals surface area contributed by atoms with E-state index in [9.17, 15) is 22.8 Å². The number of rotatable bonds is 6. The maximum Gasteiger partial charge on any atom is 0.455 e. The van der Waals surface area contributed by atoms with Crippen molar-refractivity contribution in [1.82, 2.24) is 10.2 Å². The second kappa shape index (κ2) is 7.23. The van der Waals surface area contributed by atoms with Crippen molar-refractivity contribution < 1.29 is 27.5 Å². The van der Waals surface area contributed by atoms with E-state index in [-0.39, 0.29) is 16.7 Å². The first-order valence-electron chi connectivity index (χ1n) is 9.10. The molecule has 4 rings (SSSR count). The van der Waals surface area contributed by atoms with Gasteiger partial charge >= 0.3 is 6.18 Å². The molecule has 2 aromatic rings. The highest BCUT2D eigenvalue weighted by Crippen LogP contribution is 2.40. The Morgan fingerprint density at radius 3 is 2.52 bits per heavy atom. The van der Waals surface area contributed by atoms with Crippen molar-refractivity contribution in [2.75, 3.05) is 20.2 Å². The minimum absolute atomic E-state index is 0.161. The number of benzene rings is 1. The SMILES string of the molecule is COc1ccc(CN2C[C@@H]3C[C@@]2(C(=O)c2ccc(C(=O)C(F)(F)F)s2)CN3)cc1. The zero-order valence-electron chi connectivity index (χ0n) is 15.6. The Kier molecular flexibility index (Phi) is 5.00. The van der Waals surface area contributed by atoms with E-state index in [0.29, 0.717) is 37.4 Å². The van der Waals surface area contributed by atoms with Gasteiger partial charge in [0.2, 0.25) is 0 Å². The normalized spacial score (nSPS) is 24.1. The van der Waals surface area contributed by atoms with Gasteiger partial charge in [0.15, 0.2) is 5.78 Å². The van der Waals surface area contributed by atoms with E-state index in [1.165, 1.54) is 6.07 Å². The number of alkyl halides is 3. The fraction of sp³-hybridized carbons (Fsp3) is 0.400. The average Bonchev–Trinajstić information content (AvgIpc) is 3.42. The van der Waals surface area contributed by atoms with E-state index >= 15 is 0 Å². The molecule has 154 valence electrons. The summed E-state index contributed by atoms with van der Waals surface area (Å²) in [6.45, 7) is 1.66. The van der Waals surface area contributed by atoms with E-state index < -0.39 is 22.4 Å². The number of methoxy groups -OCH3 is 1. The summed E-state index contributed by atoms with van der Waals surface area (Å²) < 4.78 is 43.3. The zero-order valence-corrected chi connectivity index (χ0v) is 16.4. The number of hydrogen-bond donors (Lipinski definition) is 1. The second-order valence-corrected chi connectivity index (χ2v) is 8.45. The van der Waals surface area contributed by atoms with Gasteiger partial charge in [0, 0.05) is 25.7 Å². The molecule has 2 aliphatic rings. The van der Waals surface area contributed by atoms with Crippen molar-refractivity contribution in [2.24, 2.45) is 0 Å². The number of piperazine rings is 1. The Bertz CT molecular complexity index is 941. The first-order valence-corrected chi connectivity index (χ1v) is 9.92. The molecule has 3 heterocycles. The molecule has 1 aromatic heterocycles. The fourth-order valence-electron chi connectivity index (χ4n) is 4.11. The Labute approximate surface area is 169 Å². The summed E-state index contributed by atoms with van der Waals surface area (Å²) in [5.41, 5.74) is 0.207. The molecule has 2 saturated heterocycles. The molecule has 29 heavy (non-hydrogen) atoms. The number of hydrogen-bond acceptors (Lipinski definition) is 6. The number of nitrogens with one attached hydrogen (secondary N) is 1. The minimum Gasteiger partial charge on any atom is -0.497 e. The number of carbonyl (C=O) groups excluding carboxylic acids is 2. The fourth-order valence-corrected chi connectivity index (χ4v) is 5.11. The van der Waals surface area contributed by atoms with E-state index in [1.807, 2.05) is 24.3 Å². The lowest BCUT2D eigenvalue weighted by Gasteiger charge is -2.37. The van der Waals surface area contributed by atoms with Gasteiger partial charge in [0.1, 0.15) is 5.75 Å². The number of fused-ring (bicyclic) bond motifs is 2. The summed E-state index contributed by atoms with van der Waals surface area (Å²) in [7, 11) is 1.59. The van der Waals surface area contributed by atoms with Crippen LogP contribution in [0.2, 0.25) is 0 Å². The van der Waals surface area contributed by atoms with Crippen LogP contribution < -0.4 is 10.1 Å². The summed E-state index contributed by atoms with van der Waals surface area (Å²) in [5, 5.41) is 3.31. The molecule has 0 unspecified atom stereocenters. The third-order valence-electron chi connectivity index (χ3n) is 5.58. The van der Waals surface area contributed by atoms with Crippen LogP contribution in [0, 0.1) is 0 Å². The quantitative estimate of drug-likeness (QED) is 0.722. The number of halogens is 3. The maximum absolute atomic E-state index is 13.3. The molecular weight excluding hydrogens is 405 g/mol. The molecule has 1 aromatic carbocycles. The molecule has 2 aliphatic heterocycles. The molecule has 5 nitrogen and oxygen atoms in total. The molecule has 2 fully saturated rings. The van der Waals surface area contributed by atoms with Crippen molar-refractivity contribution in [1.29, 1.82) is 0 Å². The zero-order chi connectivity index (χ0) is 20.8. The van der Waals surface area contributed by atoms with Crippen molar-refractivity contribution in [3.63, 3.8) is 0 Å². The van der Waals surface area contributed by atoms with Crippen LogP contribution in [0.3, 0.4) is 0 Å². The molecule has 0 amide bonds. The van der Waals surface area contributed by atoms with E-state index in [1.54, 1.807) is 7.11 Å². The van der Waals surface area contributed by atoms with Gasteiger partial charge in [-0.15, -0.1) is 11.3 Å². The van der Waals surface area contributed by atoms with Crippen molar-refractivity contribution in [3.8, 4) is 5.75 Å². The summed E-state index contributed by atoms with van der Waals surface area (Å²) in [6, 6.07) is 10.2. The Morgan fingerprint density at radius 2 is 1.90 bits per heavy atom. The summed E-state index contributed by atoms with van der Waals surface area (Å²) in [6.07, 6.45) is -4.35. The van der Waals surface area contributed by atoms with Gasteiger partial charge in [-0.05, 0) is 36.2 Å². The Balaban J connectivity index is 1.57. The van der Waals surface area contributed by atoms with Gasteiger partial charge in [-0.2, -0.15) is 13.2 Å². The molecule has 0 aliphatic carbocycles. The highest BCUT2D eigenvalue weighted by atomic mass is 32.1. The molecule has 0 radical (unpaired) electrons. The number of nitrogens with zero attached hydrogens (tertiary/aromatic N) is 1. The number of ether oxygens (including phenoxy) is 1. The van der Waals surface area contributed by atoms with Gasteiger partial charge in [-0.25, -0.2) is 0 Å². The van der Waals surface area contributed by atoms with Crippen LogP contribution in [0.15, 0.2) is 36.4 Å². The molecule has 9 heteroatoms. The van der Waals surface area contributed by atoms with Crippen LogP contribution in [-0.4, -0.2) is 54.4 Å². The Hall–Kier alpha value is -2.23. The van der Waals surface area contributed by atoms with E-state index in [2.05, 4.69) is 10.2 Å². The van der Waals surface area contributed by atoms with Crippen molar-refractivity contribution >= 4 is 22.9 Å². The smallest absolute Gasteiger partial charge is 0.455 e. The number of Topliss-reactive ketones (excluding diaryl/α,β-unsaturated/α-hetero) is 2. The van der Waals surface area contributed by atoms with Gasteiger partial charge in [-0.1, -0.05) is 12.1 Å². The van der Waals surface area contributed by atoms with Gasteiger partial charge in [-0.3, -0.25) is 14.5 Å². The predicted molar refractivity (Wildman–Crippen MR) is 102 cm³/mol. The first kappa shape index (κ1) is 20.1. The summed E-state index contributed by atoms with van der Waals surface area (Å²) >= 11 is 0.618. The number of ketones is 2. The van der Waals surface area contributed by atoms with Gasteiger partial charge in [0.05, 0.1) is 22.4 Å². The minimum atomic E-state index is -4.95. The molecule has 0 spiro atoms. The summed E-state index contributed by atoms with van der Waals surface area (Å²) in [4.78, 5) is 26.6. The van der Waals surface area contributed by atoms with Crippen LogP contribution in [0.25, 0.3) is 0 Å². The molecule has 2 atom stereocenters. The highest BCUT2D eigenvalue weighted by Gasteiger charge is 2.55. The van der Waals surface area contributed by atoms with E-state index in [0.717, 1.165) is 17.4 Å². The summed E-state index contributed by atoms with van der Waals surface area (Å²) in [5.74, 6) is -1.41. The van der Waals surface area contributed by atoms with Gasteiger partial charge < -0.3 is 10.1 Å². The van der Waals surface area contributed by atoms with Crippen LogP contribution in [0.5, 0.6) is 5.75 Å². The van der Waals surface area contributed by atoms with E-state index in [4.69, 9.17) is 4.74 Å². The number of thiophene rings is 1. The third kappa shape index (κ3) is 3.58. The predicted octanol–water partition coefficient (Wildman–Crippen LogP) is 3.30. The molecule has 2 bridgehead atoms. The van der Waals surface area contributed by atoms with Crippen LogP contribution in [0.1, 0.15) is 31.3 Å². The first-order chi connectivity index (χ1) is 13.7. The topological polar surface area (TPSA) is 58.6 Å². The maximum atomic E-state index is 13.3.